The monoisotopic (exact) mass is 291 g/mol. The molecule has 110 valence electrons. The Balaban J connectivity index is 2.25. The molecule has 0 heterocycles. The Hall–Kier alpha value is -2.76. The van der Waals surface area contributed by atoms with Crippen molar-refractivity contribution in [3.8, 4) is 17.2 Å². The number of hydrogen-bond acceptors (Lipinski definition) is 4. The molecule has 2 aromatic carbocycles. The lowest BCUT2D eigenvalue weighted by molar-refractivity contribution is 0.102. The van der Waals surface area contributed by atoms with Gasteiger partial charge in [-0.2, -0.15) is 0 Å². The average molecular weight is 291 g/mol. The Morgan fingerprint density at radius 1 is 1.10 bits per heavy atom. The van der Waals surface area contributed by atoms with Gasteiger partial charge in [-0.25, -0.2) is 4.39 Å². The van der Waals surface area contributed by atoms with Gasteiger partial charge in [0.05, 0.1) is 14.2 Å². The van der Waals surface area contributed by atoms with E-state index in [0.717, 1.165) is 12.1 Å². The lowest BCUT2D eigenvalue weighted by Gasteiger charge is -2.09. The predicted molar refractivity (Wildman–Crippen MR) is 75.6 cm³/mol. The topological polar surface area (TPSA) is 67.8 Å². The van der Waals surface area contributed by atoms with E-state index in [0.29, 0.717) is 17.1 Å². The number of hydrogen-bond donors (Lipinski definition) is 2. The number of rotatable bonds is 4. The molecule has 5 nitrogen and oxygen atoms in total. The summed E-state index contributed by atoms with van der Waals surface area (Å²) in [5, 5.41) is 11.6. The molecule has 0 aliphatic carbocycles. The van der Waals surface area contributed by atoms with Crippen LogP contribution >= 0.6 is 0 Å². The summed E-state index contributed by atoms with van der Waals surface area (Å²) < 4.78 is 23.4. The SMILES string of the molecule is COc1cc(OC)cc(C(=O)Nc2ccc(O)c(F)c2)c1. The van der Waals surface area contributed by atoms with Crippen LogP contribution in [-0.4, -0.2) is 25.2 Å². The van der Waals surface area contributed by atoms with Gasteiger partial charge in [-0.3, -0.25) is 4.79 Å². The maximum Gasteiger partial charge on any atom is 0.255 e. The summed E-state index contributed by atoms with van der Waals surface area (Å²) in [5.74, 6) is -0.794. The molecule has 1 amide bonds. The minimum absolute atomic E-state index is 0.233. The predicted octanol–water partition coefficient (Wildman–Crippen LogP) is 2.80. The van der Waals surface area contributed by atoms with Gasteiger partial charge in [0.15, 0.2) is 11.6 Å². The second-order valence-electron chi connectivity index (χ2n) is 4.22. The van der Waals surface area contributed by atoms with Crippen molar-refractivity contribution in [2.75, 3.05) is 19.5 Å². The van der Waals surface area contributed by atoms with Crippen LogP contribution in [0.3, 0.4) is 0 Å². The number of anilines is 1. The molecule has 0 bridgehead atoms. The van der Waals surface area contributed by atoms with E-state index in [2.05, 4.69) is 5.32 Å². The van der Waals surface area contributed by atoms with Crippen LogP contribution in [0.1, 0.15) is 10.4 Å². The summed E-state index contributed by atoms with van der Waals surface area (Å²) in [6.07, 6.45) is 0. The number of phenols is 1. The molecule has 0 aromatic heterocycles. The van der Waals surface area contributed by atoms with E-state index < -0.39 is 17.5 Å². The van der Waals surface area contributed by atoms with Crippen molar-refractivity contribution in [1.29, 1.82) is 0 Å². The van der Waals surface area contributed by atoms with Gasteiger partial charge in [0.25, 0.3) is 5.91 Å². The summed E-state index contributed by atoms with van der Waals surface area (Å²) >= 11 is 0. The molecular weight excluding hydrogens is 277 g/mol. The zero-order valence-electron chi connectivity index (χ0n) is 11.5. The molecule has 0 aliphatic heterocycles. The van der Waals surface area contributed by atoms with E-state index in [1.165, 1.54) is 32.4 Å². The molecule has 0 radical (unpaired) electrons. The Kier molecular flexibility index (Phi) is 4.27. The van der Waals surface area contributed by atoms with Gasteiger partial charge in [-0.05, 0) is 24.3 Å². The third-order valence-corrected chi connectivity index (χ3v) is 2.82. The fourth-order valence-electron chi connectivity index (χ4n) is 1.73. The molecule has 2 N–H and O–H groups in total. The molecule has 6 heteroatoms. The normalized spacial score (nSPS) is 10.0. The van der Waals surface area contributed by atoms with Crippen molar-refractivity contribution in [2.24, 2.45) is 0 Å². The van der Waals surface area contributed by atoms with Gasteiger partial charge in [-0.1, -0.05) is 0 Å². The Labute approximate surface area is 120 Å². The number of phenolic OH excluding ortho intramolecular Hbond substituents is 1. The van der Waals surface area contributed by atoms with Gasteiger partial charge in [-0.15, -0.1) is 0 Å². The largest absolute Gasteiger partial charge is 0.505 e. The van der Waals surface area contributed by atoms with Crippen molar-refractivity contribution in [2.45, 2.75) is 0 Å². The first-order valence-corrected chi connectivity index (χ1v) is 6.06. The number of carbonyl (C=O) groups is 1. The zero-order valence-corrected chi connectivity index (χ0v) is 11.5. The summed E-state index contributed by atoms with van der Waals surface area (Å²) in [4.78, 5) is 12.1. The first-order chi connectivity index (χ1) is 10.0. The van der Waals surface area contributed by atoms with Crippen LogP contribution in [0.2, 0.25) is 0 Å². The van der Waals surface area contributed by atoms with Crippen molar-refractivity contribution in [3.63, 3.8) is 0 Å². The quantitative estimate of drug-likeness (QED) is 0.850. The van der Waals surface area contributed by atoms with Gasteiger partial charge >= 0.3 is 0 Å². The Morgan fingerprint density at radius 3 is 2.24 bits per heavy atom. The standard InChI is InChI=1S/C15H14FNO4/c1-20-11-5-9(6-12(8-11)21-2)15(19)17-10-3-4-14(18)13(16)7-10/h3-8,18H,1-2H3,(H,17,19). The van der Waals surface area contributed by atoms with Crippen LogP contribution in [-0.2, 0) is 0 Å². The molecule has 0 atom stereocenters. The van der Waals surface area contributed by atoms with E-state index in [1.54, 1.807) is 6.07 Å². The molecule has 0 aliphatic rings. The highest BCUT2D eigenvalue weighted by Gasteiger charge is 2.11. The maximum atomic E-state index is 13.2. The van der Waals surface area contributed by atoms with Crippen molar-refractivity contribution < 1.29 is 23.8 Å². The molecule has 0 saturated carbocycles. The molecule has 0 saturated heterocycles. The summed E-state index contributed by atoms with van der Waals surface area (Å²) in [5.41, 5.74) is 0.539. The lowest BCUT2D eigenvalue weighted by Crippen LogP contribution is -2.12. The number of carbonyl (C=O) groups excluding carboxylic acids is 1. The number of aromatic hydroxyl groups is 1. The molecule has 2 aromatic rings. The molecular formula is C15H14FNO4. The molecule has 2 rings (SSSR count). The van der Waals surface area contributed by atoms with Gasteiger partial charge in [0.1, 0.15) is 11.5 Å². The summed E-state index contributed by atoms with van der Waals surface area (Å²) in [7, 11) is 2.96. The van der Waals surface area contributed by atoms with Gasteiger partial charge in [0.2, 0.25) is 0 Å². The van der Waals surface area contributed by atoms with Crippen LogP contribution in [0.25, 0.3) is 0 Å². The van der Waals surface area contributed by atoms with Crippen LogP contribution in [0.5, 0.6) is 17.2 Å². The molecule has 0 unspecified atom stereocenters. The summed E-state index contributed by atoms with van der Waals surface area (Å²) in [6.45, 7) is 0. The number of benzene rings is 2. The van der Waals surface area contributed by atoms with Crippen LogP contribution in [0, 0.1) is 5.82 Å². The second-order valence-corrected chi connectivity index (χ2v) is 4.22. The first kappa shape index (κ1) is 14.6. The van der Waals surface area contributed by atoms with Crippen molar-refractivity contribution in [3.05, 3.63) is 47.8 Å². The van der Waals surface area contributed by atoms with E-state index in [1.807, 2.05) is 0 Å². The van der Waals surface area contributed by atoms with Crippen LogP contribution < -0.4 is 14.8 Å². The smallest absolute Gasteiger partial charge is 0.255 e. The van der Waals surface area contributed by atoms with Crippen molar-refractivity contribution >= 4 is 11.6 Å². The van der Waals surface area contributed by atoms with E-state index in [4.69, 9.17) is 14.6 Å². The number of ether oxygens (including phenoxy) is 2. The fraction of sp³-hybridized carbons (Fsp3) is 0.133. The first-order valence-electron chi connectivity index (χ1n) is 6.06. The Bertz CT molecular complexity index is 650. The van der Waals surface area contributed by atoms with Crippen molar-refractivity contribution in [1.82, 2.24) is 0 Å². The van der Waals surface area contributed by atoms with Gasteiger partial charge in [0, 0.05) is 23.4 Å². The van der Waals surface area contributed by atoms with Crippen LogP contribution in [0.4, 0.5) is 10.1 Å². The lowest BCUT2D eigenvalue weighted by atomic mass is 10.1. The minimum Gasteiger partial charge on any atom is -0.505 e. The minimum atomic E-state index is -0.809. The average Bonchev–Trinajstić information content (AvgIpc) is 2.50. The molecule has 0 fully saturated rings. The third kappa shape index (κ3) is 3.42. The highest BCUT2D eigenvalue weighted by Crippen LogP contribution is 2.24. The van der Waals surface area contributed by atoms with Crippen LogP contribution in [0.15, 0.2) is 36.4 Å². The number of amides is 1. The third-order valence-electron chi connectivity index (χ3n) is 2.82. The maximum absolute atomic E-state index is 13.2. The highest BCUT2D eigenvalue weighted by atomic mass is 19.1. The van der Waals surface area contributed by atoms with Gasteiger partial charge < -0.3 is 19.9 Å². The van der Waals surface area contributed by atoms with E-state index in [-0.39, 0.29) is 5.69 Å². The highest BCUT2D eigenvalue weighted by molar-refractivity contribution is 6.04. The molecule has 0 spiro atoms. The molecule has 21 heavy (non-hydrogen) atoms. The number of methoxy groups -OCH3 is 2. The van der Waals surface area contributed by atoms with E-state index >= 15 is 0 Å². The number of nitrogens with one attached hydrogen (secondary N) is 1. The Morgan fingerprint density at radius 2 is 1.71 bits per heavy atom. The number of halogens is 1. The fourth-order valence-corrected chi connectivity index (χ4v) is 1.73. The summed E-state index contributed by atoms with van der Waals surface area (Å²) in [6, 6.07) is 8.30. The zero-order chi connectivity index (χ0) is 15.4. The second kappa shape index (κ2) is 6.13. The van der Waals surface area contributed by atoms with E-state index in [9.17, 15) is 9.18 Å².